The SMILES string of the molecule is O=C(Cc1cccc(O)c1)NCC1CCCC(O)C1. The van der Waals surface area contributed by atoms with Gasteiger partial charge in [0.25, 0.3) is 0 Å². The van der Waals surface area contributed by atoms with Gasteiger partial charge in [0.1, 0.15) is 5.75 Å². The molecule has 1 aliphatic rings. The quantitative estimate of drug-likeness (QED) is 0.773. The smallest absolute Gasteiger partial charge is 0.224 e. The van der Waals surface area contributed by atoms with Crippen molar-refractivity contribution < 1.29 is 15.0 Å². The second kappa shape index (κ2) is 6.57. The van der Waals surface area contributed by atoms with Crippen LogP contribution >= 0.6 is 0 Å². The number of nitrogens with one attached hydrogen (secondary N) is 1. The molecular weight excluding hydrogens is 242 g/mol. The number of hydrogen-bond donors (Lipinski definition) is 3. The van der Waals surface area contributed by atoms with Gasteiger partial charge in [0.05, 0.1) is 12.5 Å². The van der Waals surface area contributed by atoms with Crippen molar-refractivity contribution in [2.45, 2.75) is 38.2 Å². The summed E-state index contributed by atoms with van der Waals surface area (Å²) in [6, 6.07) is 6.74. The molecule has 19 heavy (non-hydrogen) atoms. The Balaban J connectivity index is 1.75. The fraction of sp³-hybridized carbons (Fsp3) is 0.533. The summed E-state index contributed by atoms with van der Waals surface area (Å²) in [5, 5.41) is 21.8. The van der Waals surface area contributed by atoms with Crippen LogP contribution in [0.5, 0.6) is 5.75 Å². The number of aromatic hydroxyl groups is 1. The summed E-state index contributed by atoms with van der Waals surface area (Å²) in [6.07, 6.45) is 3.85. The molecule has 4 nitrogen and oxygen atoms in total. The number of aliphatic hydroxyl groups is 1. The van der Waals surface area contributed by atoms with Gasteiger partial charge in [-0.2, -0.15) is 0 Å². The van der Waals surface area contributed by atoms with Gasteiger partial charge in [-0.15, -0.1) is 0 Å². The molecule has 2 unspecified atom stereocenters. The Morgan fingerprint density at radius 2 is 2.21 bits per heavy atom. The number of carbonyl (C=O) groups excluding carboxylic acids is 1. The Morgan fingerprint density at radius 1 is 1.37 bits per heavy atom. The minimum Gasteiger partial charge on any atom is -0.508 e. The lowest BCUT2D eigenvalue weighted by Gasteiger charge is -2.25. The molecule has 1 amide bonds. The Hall–Kier alpha value is -1.55. The molecule has 2 atom stereocenters. The fourth-order valence-corrected chi connectivity index (χ4v) is 2.62. The molecule has 0 saturated heterocycles. The van der Waals surface area contributed by atoms with Gasteiger partial charge in [0.2, 0.25) is 5.91 Å². The second-order valence-corrected chi connectivity index (χ2v) is 5.34. The zero-order valence-electron chi connectivity index (χ0n) is 11.0. The molecule has 1 aliphatic carbocycles. The Kier molecular flexibility index (Phi) is 4.80. The van der Waals surface area contributed by atoms with E-state index in [1.54, 1.807) is 18.2 Å². The summed E-state index contributed by atoms with van der Waals surface area (Å²) in [4.78, 5) is 11.8. The van der Waals surface area contributed by atoms with Crippen LogP contribution in [0.25, 0.3) is 0 Å². The van der Waals surface area contributed by atoms with Gasteiger partial charge < -0.3 is 15.5 Å². The van der Waals surface area contributed by atoms with Crippen molar-refractivity contribution in [2.24, 2.45) is 5.92 Å². The molecule has 0 bridgehead atoms. The number of phenolic OH excluding ortho intramolecular Hbond substituents is 1. The van der Waals surface area contributed by atoms with Gasteiger partial charge in [-0.3, -0.25) is 4.79 Å². The summed E-state index contributed by atoms with van der Waals surface area (Å²) in [6.45, 7) is 0.634. The molecule has 0 spiro atoms. The zero-order chi connectivity index (χ0) is 13.7. The number of amides is 1. The molecule has 1 fully saturated rings. The van der Waals surface area contributed by atoms with Gasteiger partial charge in [-0.1, -0.05) is 18.6 Å². The highest BCUT2D eigenvalue weighted by molar-refractivity contribution is 5.78. The van der Waals surface area contributed by atoms with Crippen LogP contribution in [-0.4, -0.2) is 28.8 Å². The van der Waals surface area contributed by atoms with Crippen LogP contribution in [0.3, 0.4) is 0 Å². The van der Waals surface area contributed by atoms with Crippen molar-refractivity contribution in [1.29, 1.82) is 0 Å². The molecule has 0 aromatic heterocycles. The first-order valence-corrected chi connectivity index (χ1v) is 6.86. The average molecular weight is 263 g/mol. The maximum absolute atomic E-state index is 11.8. The molecular formula is C15H21NO3. The van der Waals surface area contributed by atoms with Crippen LogP contribution in [0.1, 0.15) is 31.2 Å². The van der Waals surface area contributed by atoms with E-state index in [-0.39, 0.29) is 24.2 Å². The Labute approximate surface area is 113 Å². The van der Waals surface area contributed by atoms with E-state index < -0.39 is 0 Å². The molecule has 1 aromatic rings. The van der Waals surface area contributed by atoms with Crippen molar-refractivity contribution in [3.63, 3.8) is 0 Å². The van der Waals surface area contributed by atoms with Crippen molar-refractivity contribution in [3.8, 4) is 5.75 Å². The molecule has 2 rings (SSSR count). The first kappa shape index (κ1) is 13.9. The monoisotopic (exact) mass is 263 g/mol. The first-order valence-electron chi connectivity index (χ1n) is 6.86. The predicted octanol–water partition coefficient (Wildman–Crippen LogP) is 1.60. The molecule has 0 aliphatic heterocycles. The standard InChI is InChI=1S/C15H21NO3/c17-13-5-1-3-11(7-13)9-15(19)16-10-12-4-2-6-14(18)8-12/h1,3,5,7,12,14,17-18H,2,4,6,8-10H2,(H,16,19). The average Bonchev–Trinajstić information content (AvgIpc) is 2.36. The lowest BCUT2D eigenvalue weighted by Crippen LogP contribution is -2.33. The van der Waals surface area contributed by atoms with Gasteiger partial charge in [-0.25, -0.2) is 0 Å². The van der Waals surface area contributed by atoms with Crippen LogP contribution in [0, 0.1) is 5.92 Å². The van der Waals surface area contributed by atoms with E-state index in [4.69, 9.17) is 0 Å². The topological polar surface area (TPSA) is 69.6 Å². The Morgan fingerprint density at radius 3 is 2.95 bits per heavy atom. The van der Waals surface area contributed by atoms with Crippen LogP contribution in [-0.2, 0) is 11.2 Å². The van der Waals surface area contributed by atoms with E-state index in [0.717, 1.165) is 31.2 Å². The van der Waals surface area contributed by atoms with Crippen molar-refractivity contribution in [1.82, 2.24) is 5.32 Å². The number of aliphatic hydroxyl groups excluding tert-OH is 1. The van der Waals surface area contributed by atoms with Crippen LogP contribution in [0.15, 0.2) is 24.3 Å². The zero-order valence-corrected chi connectivity index (χ0v) is 11.0. The summed E-state index contributed by atoms with van der Waals surface area (Å²) < 4.78 is 0. The summed E-state index contributed by atoms with van der Waals surface area (Å²) in [5.74, 6) is 0.531. The van der Waals surface area contributed by atoms with E-state index >= 15 is 0 Å². The summed E-state index contributed by atoms with van der Waals surface area (Å²) >= 11 is 0. The Bertz CT molecular complexity index is 433. The van der Waals surface area contributed by atoms with E-state index in [0.29, 0.717) is 12.5 Å². The number of phenols is 1. The van der Waals surface area contributed by atoms with Crippen LogP contribution < -0.4 is 5.32 Å². The second-order valence-electron chi connectivity index (χ2n) is 5.34. The van der Waals surface area contributed by atoms with Gasteiger partial charge >= 0.3 is 0 Å². The molecule has 3 N–H and O–H groups in total. The number of rotatable bonds is 4. The minimum absolute atomic E-state index is 0.0364. The lowest BCUT2D eigenvalue weighted by atomic mass is 9.87. The third-order valence-corrected chi connectivity index (χ3v) is 3.62. The maximum atomic E-state index is 11.8. The van der Waals surface area contributed by atoms with Crippen molar-refractivity contribution in [3.05, 3.63) is 29.8 Å². The van der Waals surface area contributed by atoms with E-state index in [1.807, 2.05) is 6.07 Å². The summed E-state index contributed by atoms with van der Waals surface area (Å²) in [7, 11) is 0. The molecule has 4 heteroatoms. The van der Waals surface area contributed by atoms with Crippen LogP contribution in [0.4, 0.5) is 0 Å². The normalized spacial score (nSPS) is 23.0. The number of hydrogen-bond acceptors (Lipinski definition) is 3. The highest BCUT2D eigenvalue weighted by Gasteiger charge is 2.20. The van der Waals surface area contributed by atoms with E-state index in [1.165, 1.54) is 0 Å². The molecule has 0 heterocycles. The molecule has 1 aromatic carbocycles. The van der Waals surface area contributed by atoms with Crippen molar-refractivity contribution >= 4 is 5.91 Å². The maximum Gasteiger partial charge on any atom is 0.224 e. The fourth-order valence-electron chi connectivity index (χ4n) is 2.62. The van der Waals surface area contributed by atoms with Gasteiger partial charge in [0.15, 0.2) is 0 Å². The molecule has 104 valence electrons. The lowest BCUT2D eigenvalue weighted by molar-refractivity contribution is -0.120. The highest BCUT2D eigenvalue weighted by Crippen LogP contribution is 2.23. The number of carbonyl (C=O) groups is 1. The van der Waals surface area contributed by atoms with E-state index in [9.17, 15) is 15.0 Å². The highest BCUT2D eigenvalue weighted by atomic mass is 16.3. The van der Waals surface area contributed by atoms with Crippen molar-refractivity contribution in [2.75, 3.05) is 6.54 Å². The third kappa shape index (κ3) is 4.56. The predicted molar refractivity (Wildman–Crippen MR) is 72.8 cm³/mol. The van der Waals surface area contributed by atoms with Gasteiger partial charge in [-0.05, 0) is 42.9 Å². The largest absolute Gasteiger partial charge is 0.508 e. The molecule has 1 saturated carbocycles. The van der Waals surface area contributed by atoms with E-state index in [2.05, 4.69) is 5.32 Å². The third-order valence-electron chi connectivity index (χ3n) is 3.62. The first-order chi connectivity index (χ1) is 9.13. The van der Waals surface area contributed by atoms with Gasteiger partial charge in [0, 0.05) is 6.54 Å². The number of benzene rings is 1. The van der Waals surface area contributed by atoms with Crippen LogP contribution in [0.2, 0.25) is 0 Å². The minimum atomic E-state index is -0.207. The molecule has 0 radical (unpaired) electrons. The summed E-state index contributed by atoms with van der Waals surface area (Å²) in [5.41, 5.74) is 0.807.